The summed E-state index contributed by atoms with van der Waals surface area (Å²) in [4.78, 5) is 31.9. The van der Waals surface area contributed by atoms with Gasteiger partial charge in [-0.05, 0) is 22.0 Å². The number of rotatable bonds is 2. The van der Waals surface area contributed by atoms with E-state index in [1.807, 2.05) is 0 Å². The Kier molecular flexibility index (Phi) is 4.72. The molecule has 1 fully saturated rings. The number of carbonyl (C=O) groups excluding carboxylic acids is 2. The van der Waals surface area contributed by atoms with E-state index in [0.29, 0.717) is 25.2 Å². The summed E-state index contributed by atoms with van der Waals surface area (Å²) >= 11 is 3.30. The Bertz CT molecular complexity index is 521. The Morgan fingerprint density at radius 3 is 2.85 bits per heavy atom. The molecule has 108 valence electrons. The summed E-state index contributed by atoms with van der Waals surface area (Å²) in [6.45, 7) is 1.67. The Balaban J connectivity index is 2.23. The summed E-state index contributed by atoms with van der Waals surface area (Å²) in [5.74, 6) is -0.242. The van der Waals surface area contributed by atoms with Crippen LogP contribution in [0.4, 0.5) is 0 Å². The van der Waals surface area contributed by atoms with Gasteiger partial charge in [-0.2, -0.15) is 0 Å². The van der Waals surface area contributed by atoms with Crippen molar-refractivity contribution >= 4 is 27.7 Å². The molecule has 0 aromatic carbocycles. The molecular weight excluding hydrogens is 324 g/mol. The molecule has 0 aliphatic carbocycles. The first-order valence-corrected chi connectivity index (χ1v) is 7.13. The van der Waals surface area contributed by atoms with Crippen LogP contribution in [0.1, 0.15) is 10.4 Å². The van der Waals surface area contributed by atoms with Gasteiger partial charge in [-0.3, -0.25) is 14.6 Å². The van der Waals surface area contributed by atoms with Crippen LogP contribution in [0, 0.1) is 0 Å². The van der Waals surface area contributed by atoms with E-state index in [-0.39, 0.29) is 11.8 Å². The predicted octanol–water partition coefficient (Wildman–Crippen LogP) is 0.346. The lowest BCUT2D eigenvalue weighted by Gasteiger charge is -2.36. The van der Waals surface area contributed by atoms with Crippen LogP contribution in [0.2, 0.25) is 0 Å². The molecule has 0 saturated carbocycles. The molecule has 1 atom stereocenters. The van der Waals surface area contributed by atoms with Crippen molar-refractivity contribution in [2.45, 2.75) is 6.04 Å². The van der Waals surface area contributed by atoms with E-state index in [1.165, 1.54) is 11.1 Å². The number of hydrogen-bond acceptors (Lipinski definition) is 4. The summed E-state index contributed by atoms with van der Waals surface area (Å²) in [5.41, 5.74) is 0.484. The number of hydrogen-bond donors (Lipinski definition) is 1. The average molecular weight is 341 g/mol. The van der Waals surface area contributed by atoms with Crippen LogP contribution in [0.3, 0.4) is 0 Å². The van der Waals surface area contributed by atoms with Crippen molar-refractivity contribution < 1.29 is 9.59 Å². The van der Waals surface area contributed by atoms with Crippen LogP contribution in [0.25, 0.3) is 0 Å². The van der Waals surface area contributed by atoms with Gasteiger partial charge in [0.1, 0.15) is 6.04 Å². The fourth-order valence-corrected chi connectivity index (χ4v) is 2.53. The molecule has 0 radical (unpaired) electrons. The number of halogens is 1. The molecule has 6 nitrogen and oxygen atoms in total. The molecule has 1 aliphatic heterocycles. The van der Waals surface area contributed by atoms with Gasteiger partial charge in [0.2, 0.25) is 5.91 Å². The van der Waals surface area contributed by atoms with Crippen LogP contribution >= 0.6 is 15.9 Å². The Morgan fingerprint density at radius 2 is 2.20 bits per heavy atom. The molecule has 1 aromatic heterocycles. The summed E-state index contributed by atoms with van der Waals surface area (Å²) in [6.07, 6.45) is 3.14. The second-order valence-corrected chi connectivity index (χ2v) is 5.76. The van der Waals surface area contributed by atoms with E-state index >= 15 is 0 Å². The SMILES string of the molecule is CN(C)C(=O)C1CNCCN1C(=O)c1cncc(Br)c1. The maximum atomic E-state index is 12.6. The van der Waals surface area contributed by atoms with Crippen LogP contribution in [0.5, 0.6) is 0 Å². The van der Waals surface area contributed by atoms with Gasteiger partial charge in [-0.15, -0.1) is 0 Å². The first-order chi connectivity index (χ1) is 9.50. The lowest BCUT2D eigenvalue weighted by atomic mass is 10.1. The first-order valence-electron chi connectivity index (χ1n) is 6.34. The van der Waals surface area contributed by atoms with Crippen molar-refractivity contribution in [3.63, 3.8) is 0 Å². The lowest BCUT2D eigenvalue weighted by Crippen LogP contribution is -2.59. The topological polar surface area (TPSA) is 65.5 Å². The predicted molar refractivity (Wildman–Crippen MR) is 78.3 cm³/mol. The fourth-order valence-electron chi connectivity index (χ4n) is 2.16. The molecule has 2 rings (SSSR count). The van der Waals surface area contributed by atoms with Crippen LogP contribution in [0.15, 0.2) is 22.9 Å². The van der Waals surface area contributed by atoms with E-state index in [9.17, 15) is 9.59 Å². The second-order valence-electron chi connectivity index (χ2n) is 4.84. The number of likely N-dealkylation sites (N-methyl/N-ethyl adjacent to an activating group) is 1. The highest BCUT2D eigenvalue weighted by Crippen LogP contribution is 2.15. The summed E-state index contributed by atoms with van der Waals surface area (Å²) in [7, 11) is 3.39. The van der Waals surface area contributed by atoms with Gasteiger partial charge >= 0.3 is 0 Å². The number of carbonyl (C=O) groups is 2. The van der Waals surface area contributed by atoms with Gasteiger partial charge < -0.3 is 15.1 Å². The molecule has 0 bridgehead atoms. The van der Waals surface area contributed by atoms with Crippen LogP contribution in [-0.2, 0) is 4.79 Å². The van der Waals surface area contributed by atoms with Crippen molar-refractivity contribution in [3.05, 3.63) is 28.5 Å². The minimum absolute atomic E-state index is 0.0755. The summed E-state index contributed by atoms with van der Waals surface area (Å²) in [5, 5.41) is 3.15. The Labute approximate surface area is 126 Å². The highest BCUT2D eigenvalue weighted by atomic mass is 79.9. The second kappa shape index (κ2) is 6.32. The fraction of sp³-hybridized carbons (Fsp3) is 0.462. The molecule has 2 heterocycles. The maximum Gasteiger partial charge on any atom is 0.256 e. The van der Waals surface area contributed by atoms with E-state index in [4.69, 9.17) is 0 Å². The van der Waals surface area contributed by atoms with E-state index in [2.05, 4.69) is 26.2 Å². The minimum atomic E-state index is -0.467. The number of piperazine rings is 1. The smallest absolute Gasteiger partial charge is 0.256 e. The third-order valence-corrected chi connectivity index (χ3v) is 3.62. The molecular formula is C13H17BrN4O2. The highest BCUT2D eigenvalue weighted by molar-refractivity contribution is 9.10. The quantitative estimate of drug-likeness (QED) is 0.843. The van der Waals surface area contributed by atoms with Gasteiger partial charge in [-0.25, -0.2) is 0 Å². The molecule has 2 amide bonds. The lowest BCUT2D eigenvalue weighted by molar-refractivity contribution is -0.134. The third-order valence-electron chi connectivity index (χ3n) is 3.18. The Hall–Kier alpha value is -1.47. The largest absolute Gasteiger partial charge is 0.347 e. The highest BCUT2D eigenvalue weighted by Gasteiger charge is 2.33. The number of nitrogens with one attached hydrogen (secondary N) is 1. The number of amides is 2. The van der Waals surface area contributed by atoms with Crippen molar-refractivity contribution in [1.29, 1.82) is 0 Å². The third kappa shape index (κ3) is 3.16. The number of aromatic nitrogens is 1. The molecule has 1 aromatic rings. The molecule has 7 heteroatoms. The van der Waals surface area contributed by atoms with Crippen LogP contribution < -0.4 is 5.32 Å². The molecule has 0 spiro atoms. The van der Waals surface area contributed by atoms with Gasteiger partial charge in [0.25, 0.3) is 5.91 Å². The normalized spacial score (nSPS) is 18.8. The summed E-state index contributed by atoms with van der Waals surface area (Å²) in [6, 6.07) is 1.25. The first kappa shape index (κ1) is 14.9. The molecule has 1 saturated heterocycles. The summed E-state index contributed by atoms with van der Waals surface area (Å²) < 4.78 is 0.744. The molecule has 1 unspecified atom stereocenters. The minimum Gasteiger partial charge on any atom is -0.347 e. The van der Waals surface area contributed by atoms with E-state index in [0.717, 1.165) is 4.47 Å². The van der Waals surface area contributed by atoms with Gasteiger partial charge in [0, 0.05) is 50.6 Å². The van der Waals surface area contributed by atoms with Gasteiger partial charge in [0.15, 0.2) is 0 Å². The van der Waals surface area contributed by atoms with Crippen LogP contribution in [-0.4, -0.2) is 66.4 Å². The number of pyridine rings is 1. The van der Waals surface area contributed by atoms with Gasteiger partial charge in [-0.1, -0.05) is 0 Å². The zero-order chi connectivity index (χ0) is 14.7. The molecule has 20 heavy (non-hydrogen) atoms. The zero-order valence-corrected chi connectivity index (χ0v) is 13.1. The van der Waals surface area contributed by atoms with Crippen molar-refractivity contribution in [3.8, 4) is 0 Å². The average Bonchev–Trinajstić information content (AvgIpc) is 2.45. The van der Waals surface area contributed by atoms with Crippen molar-refractivity contribution in [2.24, 2.45) is 0 Å². The van der Waals surface area contributed by atoms with E-state index in [1.54, 1.807) is 31.3 Å². The van der Waals surface area contributed by atoms with E-state index < -0.39 is 6.04 Å². The zero-order valence-electron chi connectivity index (χ0n) is 11.5. The molecule has 1 aliphatic rings. The Morgan fingerprint density at radius 1 is 1.45 bits per heavy atom. The van der Waals surface area contributed by atoms with Gasteiger partial charge in [0.05, 0.1) is 5.56 Å². The van der Waals surface area contributed by atoms with Crippen molar-refractivity contribution in [2.75, 3.05) is 33.7 Å². The maximum absolute atomic E-state index is 12.6. The molecule has 1 N–H and O–H groups in total. The monoisotopic (exact) mass is 340 g/mol. The number of nitrogens with zero attached hydrogens (tertiary/aromatic N) is 3. The van der Waals surface area contributed by atoms with Crippen molar-refractivity contribution in [1.82, 2.24) is 20.1 Å². The standard InChI is InChI=1S/C13H17BrN4O2/c1-17(2)13(20)11-8-15-3-4-18(11)12(19)9-5-10(14)7-16-6-9/h5-7,11,15H,3-4,8H2,1-2H3.